The van der Waals surface area contributed by atoms with Crippen LogP contribution in [0.15, 0.2) is 42.5 Å². The van der Waals surface area contributed by atoms with Gasteiger partial charge in [0, 0.05) is 25.1 Å². The first-order valence-corrected chi connectivity index (χ1v) is 8.17. The first kappa shape index (κ1) is 18.9. The number of likely N-dealkylation sites (tertiary alicyclic amines) is 1. The second-order valence-corrected chi connectivity index (χ2v) is 6.36. The van der Waals surface area contributed by atoms with Crippen molar-refractivity contribution in [2.45, 2.75) is 12.3 Å². The van der Waals surface area contributed by atoms with E-state index in [9.17, 15) is 27.2 Å². The number of hydrogen-bond donors (Lipinski definition) is 1. The number of halogens is 4. The molecule has 2 aromatic carbocycles. The second-order valence-electron chi connectivity index (χ2n) is 6.36. The third-order valence-electron chi connectivity index (χ3n) is 4.60. The van der Waals surface area contributed by atoms with Gasteiger partial charge >= 0.3 is 0 Å². The van der Waals surface area contributed by atoms with Crippen LogP contribution in [0.5, 0.6) is 0 Å². The van der Waals surface area contributed by atoms with Crippen molar-refractivity contribution in [2.75, 3.05) is 18.9 Å². The number of carbonyl (C=O) groups excluding carboxylic acids is 2. The Labute approximate surface area is 152 Å². The summed E-state index contributed by atoms with van der Waals surface area (Å²) in [6.45, 7) is 0.148. The summed E-state index contributed by atoms with van der Waals surface area (Å²) in [5, 5.41) is 2.23. The molecule has 0 unspecified atom stereocenters. The zero-order chi connectivity index (χ0) is 19.7. The molecule has 2 amide bonds. The number of rotatable bonds is 4. The molecule has 2 atom stereocenters. The number of likely N-dealkylation sites (N-methyl/N-ethyl adjacent to an activating group) is 1. The fourth-order valence-electron chi connectivity index (χ4n) is 3.23. The summed E-state index contributed by atoms with van der Waals surface area (Å²) >= 11 is 0. The number of amides is 2. The zero-order valence-electron chi connectivity index (χ0n) is 14.3. The van der Waals surface area contributed by atoms with Crippen LogP contribution in [0.1, 0.15) is 23.5 Å². The summed E-state index contributed by atoms with van der Waals surface area (Å²) in [6, 6.07) is 8.80. The van der Waals surface area contributed by atoms with E-state index in [1.54, 1.807) is 6.07 Å². The molecule has 1 aliphatic heterocycles. The lowest BCUT2D eigenvalue weighted by atomic mass is 9.87. The lowest BCUT2D eigenvalue weighted by Gasteiger charge is -2.18. The first-order valence-electron chi connectivity index (χ1n) is 8.17. The van der Waals surface area contributed by atoms with Gasteiger partial charge in [-0.2, -0.15) is 0 Å². The Bertz CT molecular complexity index is 888. The maximum atomic E-state index is 13.8. The predicted molar refractivity (Wildman–Crippen MR) is 90.3 cm³/mol. The maximum absolute atomic E-state index is 13.8. The van der Waals surface area contributed by atoms with Crippen molar-refractivity contribution in [3.8, 4) is 0 Å². The van der Waals surface area contributed by atoms with Crippen molar-refractivity contribution >= 4 is 17.5 Å². The Morgan fingerprint density at radius 3 is 2.59 bits per heavy atom. The van der Waals surface area contributed by atoms with E-state index < -0.39 is 41.7 Å². The molecule has 2 aromatic rings. The molecule has 0 radical (unpaired) electrons. The Morgan fingerprint density at radius 1 is 1.19 bits per heavy atom. The van der Waals surface area contributed by atoms with Gasteiger partial charge in [-0.15, -0.1) is 0 Å². The van der Waals surface area contributed by atoms with Crippen LogP contribution < -0.4 is 5.32 Å². The summed E-state index contributed by atoms with van der Waals surface area (Å²) in [4.78, 5) is 26.4. The van der Waals surface area contributed by atoms with Crippen LogP contribution in [-0.4, -0.2) is 30.3 Å². The minimum Gasteiger partial charge on any atom is -0.344 e. The lowest BCUT2D eigenvalue weighted by Crippen LogP contribution is -2.33. The summed E-state index contributed by atoms with van der Waals surface area (Å²) in [5.74, 6) is -5.62. The van der Waals surface area contributed by atoms with E-state index in [0.717, 1.165) is 6.07 Å². The zero-order valence-corrected chi connectivity index (χ0v) is 14.3. The predicted octanol–water partition coefficient (Wildman–Crippen LogP) is 3.71. The highest BCUT2D eigenvalue weighted by atomic mass is 19.3. The van der Waals surface area contributed by atoms with Crippen LogP contribution in [-0.2, 0) is 9.59 Å². The van der Waals surface area contributed by atoms with Crippen molar-refractivity contribution in [1.29, 1.82) is 0 Å². The van der Waals surface area contributed by atoms with Crippen LogP contribution in [0.25, 0.3) is 0 Å². The van der Waals surface area contributed by atoms with Crippen molar-refractivity contribution in [2.24, 2.45) is 5.92 Å². The van der Waals surface area contributed by atoms with Crippen molar-refractivity contribution in [3.63, 3.8) is 0 Å². The van der Waals surface area contributed by atoms with Gasteiger partial charge in [-0.3, -0.25) is 9.59 Å². The van der Waals surface area contributed by atoms with Crippen molar-refractivity contribution in [3.05, 3.63) is 65.2 Å². The molecule has 1 heterocycles. The third kappa shape index (κ3) is 3.65. The summed E-state index contributed by atoms with van der Waals surface area (Å²) in [7, 11) is 1.49. The number of benzene rings is 2. The van der Waals surface area contributed by atoms with Gasteiger partial charge < -0.3 is 10.2 Å². The highest BCUT2D eigenvalue weighted by molar-refractivity contribution is 6.08. The Kier molecular flexibility index (Phi) is 5.16. The third-order valence-corrected chi connectivity index (χ3v) is 4.60. The molecule has 3 rings (SSSR count). The number of alkyl halides is 2. The van der Waals surface area contributed by atoms with Crippen LogP contribution >= 0.6 is 0 Å². The number of hydrogen-bond acceptors (Lipinski definition) is 2. The minimum atomic E-state index is -2.69. The van der Waals surface area contributed by atoms with E-state index >= 15 is 0 Å². The monoisotopic (exact) mass is 380 g/mol. The normalized spacial score (nSPS) is 19.6. The van der Waals surface area contributed by atoms with Gasteiger partial charge in [-0.05, 0) is 23.8 Å². The van der Waals surface area contributed by atoms with Gasteiger partial charge in [0.05, 0.1) is 5.69 Å². The van der Waals surface area contributed by atoms with Crippen LogP contribution in [0.4, 0.5) is 23.2 Å². The highest BCUT2D eigenvalue weighted by Crippen LogP contribution is 2.35. The van der Waals surface area contributed by atoms with Crippen LogP contribution in [0.3, 0.4) is 0 Å². The van der Waals surface area contributed by atoms with E-state index in [1.165, 1.54) is 42.3 Å². The van der Waals surface area contributed by atoms with Crippen molar-refractivity contribution in [1.82, 2.24) is 4.90 Å². The first-order chi connectivity index (χ1) is 12.8. The lowest BCUT2D eigenvalue weighted by molar-refractivity contribution is -0.135. The maximum Gasteiger partial charge on any atom is 0.263 e. The fraction of sp³-hybridized carbons (Fsp3) is 0.263. The minimum absolute atomic E-state index is 0.148. The molecule has 1 aliphatic rings. The summed E-state index contributed by atoms with van der Waals surface area (Å²) in [6.07, 6.45) is -2.69. The molecule has 0 aliphatic carbocycles. The van der Waals surface area contributed by atoms with Gasteiger partial charge in [0.15, 0.2) is 11.6 Å². The van der Waals surface area contributed by atoms with E-state index in [-0.39, 0.29) is 17.8 Å². The van der Waals surface area contributed by atoms with Crippen molar-refractivity contribution < 1.29 is 27.2 Å². The van der Waals surface area contributed by atoms with E-state index in [0.29, 0.717) is 5.56 Å². The number of nitrogens with one attached hydrogen (secondary N) is 1. The highest BCUT2D eigenvalue weighted by Gasteiger charge is 2.44. The van der Waals surface area contributed by atoms with Crippen LogP contribution in [0.2, 0.25) is 0 Å². The topological polar surface area (TPSA) is 49.4 Å². The number of nitrogens with zero attached hydrogens (tertiary/aromatic N) is 1. The molecule has 1 saturated heterocycles. The van der Waals surface area contributed by atoms with Crippen LogP contribution in [0, 0.1) is 17.6 Å². The molecule has 27 heavy (non-hydrogen) atoms. The van der Waals surface area contributed by atoms with E-state index in [4.69, 9.17) is 0 Å². The SMILES string of the molecule is CN1C[C@H](c2cccc(C(F)F)c2)[C@@H](C(=O)Nc2cccc(F)c2F)C1=O. The van der Waals surface area contributed by atoms with E-state index in [2.05, 4.69) is 5.32 Å². The Morgan fingerprint density at radius 2 is 1.89 bits per heavy atom. The molecular formula is C19H16F4N2O2. The molecule has 4 nitrogen and oxygen atoms in total. The molecule has 142 valence electrons. The Balaban J connectivity index is 1.91. The molecule has 1 fully saturated rings. The molecule has 0 spiro atoms. The molecular weight excluding hydrogens is 364 g/mol. The largest absolute Gasteiger partial charge is 0.344 e. The average Bonchev–Trinajstić information content (AvgIpc) is 2.94. The second kappa shape index (κ2) is 7.38. The Hall–Kier alpha value is -2.90. The van der Waals surface area contributed by atoms with Gasteiger partial charge in [-0.25, -0.2) is 17.6 Å². The molecule has 0 saturated carbocycles. The molecule has 0 bridgehead atoms. The number of carbonyl (C=O) groups is 2. The van der Waals surface area contributed by atoms with Gasteiger partial charge in [-0.1, -0.05) is 24.3 Å². The molecule has 0 aromatic heterocycles. The van der Waals surface area contributed by atoms with Gasteiger partial charge in [0.25, 0.3) is 6.43 Å². The molecule has 8 heteroatoms. The standard InChI is InChI=1S/C19H16F4N2O2/c1-25-9-12(10-4-2-5-11(8-10)17(22)23)15(19(25)27)18(26)24-14-7-3-6-13(20)16(14)21/h2-8,12,15,17H,9H2,1H3,(H,24,26)/t12-,15+/m1/s1. The quantitative estimate of drug-likeness (QED) is 0.649. The number of anilines is 1. The average molecular weight is 380 g/mol. The fourth-order valence-corrected chi connectivity index (χ4v) is 3.23. The summed E-state index contributed by atoms with van der Waals surface area (Å²) < 4.78 is 53.1. The molecule has 1 N–H and O–H groups in total. The van der Waals surface area contributed by atoms with E-state index in [1.807, 2.05) is 0 Å². The van der Waals surface area contributed by atoms with Gasteiger partial charge in [0.2, 0.25) is 11.8 Å². The van der Waals surface area contributed by atoms with Gasteiger partial charge in [0.1, 0.15) is 5.92 Å². The smallest absolute Gasteiger partial charge is 0.263 e. The summed E-state index contributed by atoms with van der Waals surface area (Å²) in [5.41, 5.74) is -0.197.